The molecule has 36 heavy (non-hydrogen) atoms. The van der Waals surface area contributed by atoms with E-state index < -0.39 is 12.6 Å². The third-order valence-electron chi connectivity index (χ3n) is 6.48. The van der Waals surface area contributed by atoms with Gasteiger partial charge in [-0.05, 0) is 45.0 Å². The van der Waals surface area contributed by atoms with Crippen molar-refractivity contribution in [1.82, 2.24) is 24.1 Å². The number of fused-ring (bicyclic) bond motifs is 1. The van der Waals surface area contributed by atoms with E-state index in [0.29, 0.717) is 27.8 Å². The normalized spacial score (nSPS) is 11.2. The number of ether oxygens (including phenoxy) is 1. The highest BCUT2D eigenvalue weighted by Crippen LogP contribution is 2.23. The fourth-order valence-corrected chi connectivity index (χ4v) is 4.60. The Morgan fingerprint density at radius 2 is 1.67 bits per heavy atom. The zero-order valence-electron chi connectivity index (χ0n) is 20.4. The van der Waals surface area contributed by atoms with Gasteiger partial charge in [-0.2, -0.15) is 5.10 Å². The summed E-state index contributed by atoms with van der Waals surface area (Å²) in [6.07, 6.45) is 0. The fourth-order valence-electron chi connectivity index (χ4n) is 4.60. The fraction of sp³-hybridized carbons (Fsp3) is 0.185. The maximum Gasteiger partial charge on any atom is 0.359 e. The van der Waals surface area contributed by atoms with Gasteiger partial charge in [-0.15, -0.1) is 0 Å². The van der Waals surface area contributed by atoms with Gasteiger partial charge < -0.3 is 9.30 Å². The molecule has 1 N–H and O–H groups in total. The Labute approximate surface area is 206 Å². The van der Waals surface area contributed by atoms with Crippen LogP contribution in [0.4, 0.5) is 0 Å². The maximum absolute atomic E-state index is 13.5. The molecule has 5 aromatic rings. The minimum Gasteiger partial charge on any atom is -0.452 e. The molecule has 9 nitrogen and oxygen atoms in total. The van der Waals surface area contributed by atoms with Gasteiger partial charge >= 0.3 is 5.97 Å². The topological polar surface area (TPSA) is 104 Å². The SMILES string of the molecule is Cc1cc(C(=O)COC(=O)c2n[nH]c3ccccc23)c(C)n1-c1c(C)n(C)n(-c2ccccc2)c1=O. The van der Waals surface area contributed by atoms with E-state index in [0.717, 1.165) is 17.1 Å². The number of hydrogen-bond donors (Lipinski definition) is 1. The van der Waals surface area contributed by atoms with E-state index in [4.69, 9.17) is 4.74 Å². The summed E-state index contributed by atoms with van der Waals surface area (Å²) in [5, 5.41) is 7.43. The number of aromatic amines is 1. The number of esters is 1. The van der Waals surface area contributed by atoms with Gasteiger partial charge in [-0.25, -0.2) is 9.48 Å². The number of nitrogens with zero attached hydrogens (tertiary/aromatic N) is 4. The molecule has 3 aromatic heterocycles. The first kappa shape index (κ1) is 23.1. The Bertz CT molecular complexity index is 1680. The molecule has 0 saturated heterocycles. The molecule has 0 spiro atoms. The van der Waals surface area contributed by atoms with E-state index >= 15 is 0 Å². The third kappa shape index (κ3) is 3.65. The number of H-pyrrole nitrogens is 1. The molecule has 0 atom stereocenters. The molecular formula is C27H25N5O4. The van der Waals surface area contributed by atoms with Crippen molar-refractivity contribution in [2.75, 3.05) is 6.61 Å². The van der Waals surface area contributed by atoms with Crippen LogP contribution in [0, 0.1) is 20.8 Å². The second-order valence-corrected chi connectivity index (χ2v) is 8.65. The summed E-state index contributed by atoms with van der Waals surface area (Å²) in [5.41, 5.74) is 4.33. The molecule has 0 amide bonds. The van der Waals surface area contributed by atoms with Crippen molar-refractivity contribution >= 4 is 22.7 Å². The summed E-state index contributed by atoms with van der Waals surface area (Å²) in [7, 11) is 1.83. The van der Waals surface area contributed by atoms with E-state index in [1.807, 2.05) is 57.3 Å². The van der Waals surface area contributed by atoms with Crippen molar-refractivity contribution < 1.29 is 14.3 Å². The number of Topliss-reactive ketones (excluding diaryl/α,β-unsaturated/α-hetero) is 1. The van der Waals surface area contributed by atoms with Crippen LogP contribution in [0.1, 0.15) is 37.9 Å². The van der Waals surface area contributed by atoms with Crippen LogP contribution < -0.4 is 5.56 Å². The summed E-state index contributed by atoms with van der Waals surface area (Å²) < 4.78 is 10.5. The second-order valence-electron chi connectivity index (χ2n) is 8.65. The van der Waals surface area contributed by atoms with Gasteiger partial charge in [0.15, 0.2) is 12.3 Å². The van der Waals surface area contributed by atoms with Crippen LogP contribution in [-0.4, -0.2) is 42.5 Å². The summed E-state index contributed by atoms with van der Waals surface area (Å²) in [5.74, 6) is -1.04. The minimum atomic E-state index is -0.681. The van der Waals surface area contributed by atoms with E-state index in [-0.39, 0.29) is 17.0 Å². The number of carbonyl (C=O) groups excluding carboxylic acids is 2. The van der Waals surface area contributed by atoms with Crippen LogP contribution >= 0.6 is 0 Å². The average Bonchev–Trinajstić information content (AvgIpc) is 3.50. The molecule has 0 radical (unpaired) electrons. The molecule has 5 rings (SSSR count). The van der Waals surface area contributed by atoms with Crippen LogP contribution in [0.3, 0.4) is 0 Å². The number of nitrogens with one attached hydrogen (secondary N) is 1. The number of carbonyl (C=O) groups is 2. The molecule has 182 valence electrons. The highest BCUT2D eigenvalue weighted by atomic mass is 16.5. The first-order chi connectivity index (χ1) is 17.3. The molecule has 2 aromatic carbocycles. The van der Waals surface area contributed by atoms with Gasteiger partial charge in [-0.3, -0.25) is 19.4 Å². The van der Waals surface area contributed by atoms with E-state index in [1.54, 1.807) is 45.1 Å². The number of para-hydroxylation sites is 2. The Kier molecular flexibility index (Phi) is 5.68. The number of aryl methyl sites for hydroxylation is 1. The van der Waals surface area contributed by atoms with Gasteiger partial charge in [0.25, 0.3) is 5.56 Å². The van der Waals surface area contributed by atoms with Gasteiger partial charge in [-0.1, -0.05) is 36.4 Å². The maximum atomic E-state index is 13.5. The standard InChI is InChI=1S/C27H25N5O4/c1-16-14-21(23(33)15-36-27(35)24-20-12-8-9-13-22(20)28-29-24)17(2)31(16)25-18(3)30(4)32(26(25)34)19-10-6-5-7-11-19/h5-14H,15H2,1-4H3,(H,28,29). The minimum absolute atomic E-state index is 0.130. The number of rotatable bonds is 6. The average molecular weight is 484 g/mol. The molecule has 0 saturated carbocycles. The first-order valence-corrected chi connectivity index (χ1v) is 11.5. The largest absolute Gasteiger partial charge is 0.452 e. The van der Waals surface area contributed by atoms with Crippen molar-refractivity contribution in [3.63, 3.8) is 0 Å². The molecule has 3 heterocycles. The van der Waals surface area contributed by atoms with Crippen molar-refractivity contribution in [3.8, 4) is 11.4 Å². The predicted octanol–water partition coefficient (Wildman–Crippen LogP) is 3.81. The highest BCUT2D eigenvalue weighted by molar-refractivity contribution is 6.04. The number of benzene rings is 2. The Morgan fingerprint density at radius 1 is 0.972 bits per heavy atom. The van der Waals surface area contributed by atoms with Crippen molar-refractivity contribution in [1.29, 1.82) is 0 Å². The van der Waals surface area contributed by atoms with Crippen LogP contribution in [0.25, 0.3) is 22.3 Å². The van der Waals surface area contributed by atoms with Crippen LogP contribution in [0.5, 0.6) is 0 Å². The van der Waals surface area contributed by atoms with Crippen molar-refractivity contribution in [2.24, 2.45) is 7.05 Å². The molecule has 0 unspecified atom stereocenters. The molecule has 0 fully saturated rings. The van der Waals surface area contributed by atoms with E-state index in [9.17, 15) is 14.4 Å². The zero-order chi connectivity index (χ0) is 25.6. The van der Waals surface area contributed by atoms with Gasteiger partial charge in [0.1, 0.15) is 5.69 Å². The lowest BCUT2D eigenvalue weighted by atomic mass is 10.1. The van der Waals surface area contributed by atoms with Crippen LogP contribution in [0.15, 0.2) is 65.5 Å². The quantitative estimate of drug-likeness (QED) is 0.292. The number of ketones is 1. The molecular weight excluding hydrogens is 458 g/mol. The first-order valence-electron chi connectivity index (χ1n) is 11.5. The monoisotopic (exact) mass is 483 g/mol. The van der Waals surface area contributed by atoms with Crippen molar-refractivity contribution in [2.45, 2.75) is 20.8 Å². The van der Waals surface area contributed by atoms with E-state index in [2.05, 4.69) is 10.2 Å². The lowest BCUT2D eigenvalue weighted by molar-refractivity contribution is 0.0470. The highest BCUT2D eigenvalue weighted by Gasteiger charge is 2.25. The summed E-state index contributed by atoms with van der Waals surface area (Å²) in [6, 6.07) is 18.3. The Morgan fingerprint density at radius 3 is 2.42 bits per heavy atom. The summed E-state index contributed by atoms with van der Waals surface area (Å²) in [4.78, 5) is 39.2. The second kappa shape index (κ2) is 8.84. The number of aromatic nitrogens is 5. The lowest BCUT2D eigenvalue weighted by Gasteiger charge is -2.09. The van der Waals surface area contributed by atoms with E-state index in [1.165, 1.54) is 0 Å². The Balaban J connectivity index is 1.44. The molecule has 0 bridgehead atoms. The zero-order valence-corrected chi connectivity index (χ0v) is 20.4. The number of hydrogen-bond acceptors (Lipinski definition) is 5. The third-order valence-corrected chi connectivity index (χ3v) is 6.48. The van der Waals surface area contributed by atoms with Gasteiger partial charge in [0, 0.05) is 29.4 Å². The molecule has 0 aliphatic rings. The van der Waals surface area contributed by atoms with Crippen LogP contribution in [-0.2, 0) is 11.8 Å². The smallest absolute Gasteiger partial charge is 0.359 e. The summed E-state index contributed by atoms with van der Waals surface area (Å²) >= 11 is 0. The predicted molar refractivity (Wildman–Crippen MR) is 135 cm³/mol. The van der Waals surface area contributed by atoms with Crippen LogP contribution in [0.2, 0.25) is 0 Å². The van der Waals surface area contributed by atoms with Gasteiger partial charge in [0.2, 0.25) is 5.78 Å². The Hall–Kier alpha value is -4.66. The van der Waals surface area contributed by atoms with Crippen molar-refractivity contribution in [3.05, 3.63) is 99.4 Å². The van der Waals surface area contributed by atoms with Gasteiger partial charge in [0.05, 0.1) is 16.9 Å². The molecule has 9 heteroatoms. The summed E-state index contributed by atoms with van der Waals surface area (Å²) in [6.45, 7) is 5.05. The molecule has 0 aliphatic carbocycles. The molecule has 0 aliphatic heterocycles. The lowest BCUT2D eigenvalue weighted by Crippen LogP contribution is -2.22.